The monoisotopic (exact) mass is 303 g/mol. The highest BCUT2D eigenvalue weighted by molar-refractivity contribution is 5.95. The van der Waals surface area contributed by atoms with Gasteiger partial charge in [-0.05, 0) is 32.2 Å². The molecule has 5 nitrogen and oxygen atoms in total. The van der Waals surface area contributed by atoms with Crippen LogP contribution in [0.3, 0.4) is 0 Å². The average Bonchev–Trinajstić information content (AvgIpc) is 2.87. The van der Waals surface area contributed by atoms with Crippen molar-refractivity contribution < 1.29 is 13.6 Å². The number of nitrogens with one attached hydrogen (secondary N) is 1. The van der Waals surface area contributed by atoms with E-state index in [1.165, 1.54) is 18.3 Å². The van der Waals surface area contributed by atoms with Crippen molar-refractivity contribution in [2.24, 2.45) is 5.92 Å². The zero-order chi connectivity index (χ0) is 15.3. The summed E-state index contributed by atoms with van der Waals surface area (Å²) in [5, 5.41) is 3.64. The summed E-state index contributed by atoms with van der Waals surface area (Å²) in [6, 6.07) is 2.87. The SMILES string of the molecule is CC1CC2CCN1CC2NC(=O)c1cc2oc(F)cc2cn1. The molecule has 4 unspecified atom stereocenters. The maximum Gasteiger partial charge on any atom is 0.278 e. The molecule has 3 aliphatic rings. The average molecular weight is 303 g/mol. The summed E-state index contributed by atoms with van der Waals surface area (Å²) in [5.41, 5.74) is 0.617. The third-order valence-electron chi connectivity index (χ3n) is 4.98. The molecule has 22 heavy (non-hydrogen) atoms. The highest BCUT2D eigenvalue weighted by Crippen LogP contribution is 2.32. The number of fused-ring (bicyclic) bond motifs is 4. The Morgan fingerprint density at radius 2 is 2.36 bits per heavy atom. The van der Waals surface area contributed by atoms with Crippen molar-refractivity contribution in [1.29, 1.82) is 0 Å². The number of carbonyl (C=O) groups excluding carboxylic acids is 1. The molecule has 4 atom stereocenters. The van der Waals surface area contributed by atoms with Crippen molar-refractivity contribution in [3.8, 4) is 0 Å². The number of nitrogens with zero attached hydrogens (tertiary/aromatic N) is 2. The van der Waals surface area contributed by atoms with Crippen molar-refractivity contribution in [3.05, 3.63) is 30.0 Å². The molecule has 0 radical (unpaired) electrons. The molecule has 2 aromatic rings. The van der Waals surface area contributed by atoms with Crippen molar-refractivity contribution in [2.75, 3.05) is 13.1 Å². The van der Waals surface area contributed by atoms with Gasteiger partial charge in [0.25, 0.3) is 11.9 Å². The van der Waals surface area contributed by atoms with E-state index in [0.29, 0.717) is 22.9 Å². The van der Waals surface area contributed by atoms with Gasteiger partial charge in [0.15, 0.2) is 0 Å². The number of piperidine rings is 3. The molecular formula is C16H18FN3O2. The lowest BCUT2D eigenvalue weighted by molar-refractivity contribution is 0.0273. The van der Waals surface area contributed by atoms with E-state index in [0.717, 1.165) is 25.9 Å². The molecule has 6 heteroatoms. The first-order valence-corrected chi connectivity index (χ1v) is 7.70. The largest absolute Gasteiger partial charge is 0.431 e. The molecule has 2 bridgehead atoms. The van der Waals surface area contributed by atoms with Gasteiger partial charge >= 0.3 is 0 Å². The molecule has 3 aliphatic heterocycles. The molecule has 0 spiro atoms. The molecule has 5 heterocycles. The summed E-state index contributed by atoms with van der Waals surface area (Å²) in [6.07, 6.45) is 3.72. The van der Waals surface area contributed by atoms with Crippen LogP contribution in [0.15, 0.2) is 22.7 Å². The Morgan fingerprint density at radius 3 is 3.09 bits per heavy atom. The normalized spacial score (nSPS) is 30.6. The molecule has 0 aromatic carbocycles. The van der Waals surface area contributed by atoms with Crippen LogP contribution >= 0.6 is 0 Å². The van der Waals surface area contributed by atoms with Crippen molar-refractivity contribution in [3.63, 3.8) is 0 Å². The molecule has 1 amide bonds. The van der Waals surface area contributed by atoms with Gasteiger partial charge in [0, 0.05) is 42.3 Å². The fourth-order valence-corrected chi connectivity index (χ4v) is 3.73. The van der Waals surface area contributed by atoms with Gasteiger partial charge in [-0.15, -0.1) is 0 Å². The number of halogens is 1. The quantitative estimate of drug-likeness (QED) is 0.924. The van der Waals surface area contributed by atoms with Gasteiger partial charge < -0.3 is 9.73 Å². The van der Waals surface area contributed by atoms with Crippen molar-refractivity contribution >= 4 is 16.9 Å². The first kappa shape index (κ1) is 13.7. The van der Waals surface area contributed by atoms with E-state index in [-0.39, 0.29) is 17.6 Å². The highest BCUT2D eigenvalue weighted by Gasteiger charge is 2.38. The van der Waals surface area contributed by atoms with Gasteiger partial charge in [-0.25, -0.2) is 0 Å². The lowest BCUT2D eigenvalue weighted by Crippen LogP contribution is -2.60. The Labute approximate surface area is 127 Å². The van der Waals surface area contributed by atoms with Crippen molar-refractivity contribution in [1.82, 2.24) is 15.2 Å². The smallest absolute Gasteiger partial charge is 0.278 e. The van der Waals surface area contributed by atoms with Crippen LogP contribution in [0.25, 0.3) is 11.0 Å². The zero-order valence-electron chi connectivity index (χ0n) is 12.4. The number of hydrogen-bond donors (Lipinski definition) is 1. The summed E-state index contributed by atoms with van der Waals surface area (Å²) in [6.45, 7) is 4.26. The number of carbonyl (C=O) groups is 1. The Kier molecular flexibility index (Phi) is 3.14. The van der Waals surface area contributed by atoms with Gasteiger partial charge in [-0.2, -0.15) is 4.39 Å². The maximum absolute atomic E-state index is 13.1. The number of amides is 1. The molecule has 0 aliphatic carbocycles. The second-order valence-corrected chi connectivity index (χ2v) is 6.37. The Bertz CT molecular complexity index is 729. The summed E-state index contributed by atoms with van der Waals surface area (Å²) in [4.78, 5) is 18.9. The lowest BCUT2D eigenvalue weighted by atomic mass is 9.80. The van der Waals surface area contributed by atoms with Gasteiger partial charge in [-0.3, -0.25) is 14.7 Å². The summed E-state index contributed by atoms with van der Waals surface area (Å²) >= 11 is 0. The van der Waals surface area contributed by atoms with Gasteiger partial charge in [-0.1, -0.05) is 0 Å². The molecule has 3 saturated heterocycles. The predicted octanol–water partition coefficient (Wildman–Crippen LogP) is 2.18. The minimum absolute atomic E-state index is 0.170. The van der Waals surface area contributed by atoms with Crippen LogP contribution in [-0.2, 0) is 0 Å². The van der Waals surface area contributed by atoms with Crippen LogP contribution in [0.2, 0.25) is 0 Å². The standard InChI is InChI=1S/C16H18FN3O2/c1-9-4-10-2-3-20(9)8-13(10)19-16(21)12-6-14-11(7-18-12)5-15(17)22-14/h5-7,9-10,13H,2-4,8H2,1H3,(H,19,21). The van der Waals surface area contributed by atoms with Gasteiger partial charge in [0.05, 0.1) is 0 Å². The molecule has 2 aromatic heterocycles. The fourth-order valence-electron chi connectivity index (χ4n) is 3.73. The Hall–Kier alpha value is -1.95. The zero-order valence-corrected chi connectivity index (χ0v) is 12.4. The van der Waals surface area contributed by atoms with E-state index >= 15 is 0 Å². The molecule has 1 N–H and O–H groups in total. The van der Waals surface area contributed by atoms with E-state index in [2.05, 4.69) is 22.1 Å². The third kappa shape index (κ3) is 2.27. The van der Waals surface area contributed by atoms with E-state index in [9.17, 15) is 9.18 Å². The van der Waals surface area contributed by atoms with Crippen LogP contribution in [0.1, 0.15) is 30.3 Å². The maximum atomic E-state index is 13.1. The fraction of sp³-hybridized carbons (Fsp3) is 0.500. The lowest BCUT2D eigenvalue weighted by Gasteiger charge is -2.48. The predicted molar refractivity (Wildman–Crippen MR) is 79.0 cm³/mol. The van der Waals surface area contributed by atoms with Crippen molar-refractivity contribution in [2.45, 2.75) is 31.8 Å². The topological polar surface area (TPSA) is 58.4 Å². The molecule has 0 saturated carbocycles. The first-order chi connectivity index (χ1) is 10.6. The minimum Gasteiger partial charge on any atom is -0.431 e. The molecule has 3 fully saturated rings. The van der Waals surface area contributed by atoms with Crippen LogP contribution < -0.4 is 5.32 Å². The highest BCUT2D eigenvalue weighted by atomic mass is 19.1. The minimum atomic E-state index is -0.666. The molecule has 5 rings (SSSR count). The van der Waals surface area contributed by atoms with Crippen LogP contribution in [0.4, 0.5) is 4.39 Å². The second kappa shape index (κ2) is 5.05. The van der Waals surface area contributed by atoms with E-state index < -0.39 is 6.01 Å². The third-order valence-corrected chi connectivity index (χ3v) is 4.98. The van der Waals surface area contributed by atoms with E-state index in [4.69, 9.17) is 4.42 Å². The van der Waals surface area contributed by atoms with Crippen LogP contribution in [-0.4, -0.2) is 41.0 Å². The van der Waals surface area contributed by atoms with Crippen LogP contribution in [0.5, 0.6) is 0 Å². The second-order valence-electron chi connectivity index (χ2n) is 6.37. The van der Waals surface area contributed by atoms with Gasteiger partial charge in [0.1, 0.15) is 11.3 Å². The summed E-state index contributed by atoms with van der Waals surface area (Å²) in [7, 11) is 0. The molecular weight excluding hydrogens is 285 g/mol. The molecule has 116 valence electrons. The number of furan rings is 1. The number of rotatable bonds is 2. The van der Waals surface area contributed by atoms with Crippen LogP contribution in [0, 0.1) is 11.9 Å². The first-order valence-electron chi connectivity index (χ1n) is 7.70. The van der Waals surface area contributed by atoms with E-state index in [1.807, 2.05) is 0 Å². The Morgan fingerprint density at radius 1 is 1.50 bits per heavy atom. The number of hydrogen-bond acceptors (Lipinski definition) is 4. The Balaban J connectivity index is 1.51. The van der Waals surface area contributed by atoms with Gasteiger partial charge in [0.2, 0.25) is 0 Å². The van der Waals surface area contributed by atoms with E-state index in [1.54, 1.807) is 0 Å². The number of aromatic nitrogens is 1. The number of pyridine rings is 1. The summed E-state index contributed by atoms with van der Waals surface area (Å²) in [5.74, 6) is 0.318. The summed E-state index contributed by atoms with van der Waals surface area (Å²) < 4.78 is 18.0.